The highest BCUT2D eigenvalue weighted by Gasteiger charge is 2.23. The minimum absolute atomic E-state index is 0.0448. The molecule has 0 spiro atoms. The Kier molecular flexibility index (Phi) is 10.5. The van der Waals surface area contributed by atoms with Gasteiger partial charge in [-0.3, -0.25) is 20.0 Å². The van der Waals surface area contributed by atoms with Crippen LogP contribution in [0.25, 0.3) is 0 Å². The number of nitrogens with two attached hydrogens (primary N) is 1. The van der Waals surface area contributed by atoms with Gasteiger partial charge in [-0.15, -0.1) is 0 Å². The molecule has 1 rings (SSSR count). The van der Waals surface area contributed by atoms with Crippen LogP contribution in [0.4, 0.5) is 0 Å². The van der Waals surface area contributed by atoms with Gasteiger partial charge in [-0.1, -0.05) is 55.3 Å². The molecule has 0 aliphatic rings. The minimum Gasteiger partial charge on any atom is -0.480 e. The predicted octanol–water partition coefficient (Wildman–Crippen LogP) is 1.35. The summed E-state index contributed by atoms with van der Waals surface area (Å²) in [5.74, 6) is -2.18. The molecule has 0 saturated carbocycles. The smallest absolute Gasteiger partial charge is 0.326 e. The second kappa shape index (κ2) is 11.6. The summed E-state index contributed by atoms with van der Waals surface area (Å²) in [6.07, 6.45) is 2.53. The lowest BCUT2D eigenvalue weighted by Gasteiger charge is -2.15. The molecular weight excluding hydrogens is 304 g/mol. The summed E-state index contributed by atoms with van der Waals surface area (Å²) in [7, 11) is 0. The summed E-state index contributed by atoms with van der Waals surface area (Å²) in [6.45, 7) is 2.01. The Hall–Kier alpha value is -2.00. The fraction of sp³-hybridized carbons (Fsp3) is 0.467. The van der Waals surface area contributed by atoms with E-state index in [1.165, 1.54) is 0 Å². The summed E-state index contributed by atoms with van der Waals surface area (Å²) in [4.78, 5) is 20.7. The topological polar surface area (TPSA) is 144 Å². The average Bonchev–Trinajstić information content (AvgIpc) is 2.51. The van der Waals surface area contributed by atoms with Crippen LogP contribution in [0.2, 0.25) is 0 Å². The molecule has 0 saturated heterocycles. The lowest BCUT2D eigenvalue weighted by atomic mass is 10.1. The lowest BCUT2D eigenvalue weighted by Crippen LogP contribution is -2.38. The number of hydrogen-bond acceptors (Lipinski definition) is 6. The van der Waals surface area contributed by atoms with Gasteiger partial charge in [0.1, 0.15) is 6.04 Å². The highest BCUT2D eigenvalue weighted by Crippen LogP contribution is 2.06. The van der Waals surface area contributed by atoms with Gasteiger partial charge in [0.25, 0.3) is 0 Å². The number of hydrogen-bond donors (Lipinski definition) is 5. The van der Waals surface area contributed by atoms with Crippen LogP contribution in [0.5, 0.6) is 0 Å². The zero-order chi connectivity index (χ0) is 17.8. The molecule has 0 fully saturated rings. The van der Waals surface area contributed by atoms with Gasteiger partial charge in [0.2, 0.25) is 0 Å². The Labute approximate surface area is 134 Å². The van der Waals surface area contributed by atoms with Crippen LogP contribution in [0, 0.1) is 0 Å². The zero-order valence-electron chi connectivity index (χ0n) is 13.0. The van der Waals surface area contributed by atoms with Gasteiger partial charge in [0.15, 0.2) is 6.04 Å². The van der Waals surface area contributed by atoms with Gasteiger partial charge < -0.3 is 15.9 Å². The number of carboxylic acid groups (broad SMARTS) is 2. The van der Waals surface area contributed by atoms with E-state index in [1.54, 1.807) is 30.3 Å². The van der Waals surface area contributed by atoms with Crippen molar-refractivity contribution < 1.29 is 30.2 Å². The molecule has 0 aromatic heterocycles. The highest BCUT2D eigenvalue weighted by molar-refractivity contribution is 5.73. The van der Waals surface area contributed by atoms with Gasteiger partial charge in [0, 0.05) is 6.42 Å². The maximum atomic E-state index is 10.6. The first kappa shape index (κ1) is 21.0. The molecule has 0 radical (unpaired) electrons. The molecule has 0 heterocycles. The Bertz CT molecular complexity index is 466. The van der Waals surface area contributed by atoms with Crippen molar-refractivity contribution in [3.63, 3.8) is 0 Å². The number of rotatable bonds is 8. The normalized spacial score (nSPS) is 12.9. The summed E-state index contributed by atoms with van der Waals surface area (Å²) >= 11 is 0. The van der Waals surface area contributed by atoms with Crippen LogP contribution in [-0.4, -0.2) is 49.9 Å². The van der Waals surface area contributed by atoms with Crippen molar-refractivity contribution >= 4 is 11.9 Å². The third-order valence-corrected chi connectivity index (χ3v) is 3.02. The van der Waals surface area contributed by atoms with Crippen molar-refractivity contribution in [1.82, 2.24) is 5.23 Å². The number of carbonyl (C=O) groups is 2. The minimum atomic E-state index is -1.34. The van der Waals surface area contributed by atoms with Gasteiger partial charge in [0.05, 0.1) is 0 Å². The Morgan fingerprint density at radius 2 is 1.70 bits per heavy atom. The van der Waals surface area contributed by atoms with Crippen molar-refractivity contribution in [3.05, 3.63) is 35.9 Å². The fourth-order valence-corrected chi connectivity index (χ4v) is 1.65. The second-order valence-electron chi connectivity index (χ2n) is 4.95. The number of nitrogens with zero attached hydrogens (tertiary/aromatic N) is 1. The number of benzene rings is 1. The fourth-order valence-electron chi connectivity index (χ4n) is 1.65. The molecule has 23 heavy (non-hydrogen) atoms. The van der Waals surface area contributed by atoms with E-state index in [2.05, 4.69) is 0 Å². The summed E-state index contributed by atoms with van der Waals surface area (Å²) in [5, 5.41) is 33.9. The van der Waals surface area contributed by atoms with Crippen LogP contribution in [0.1, 0.15) is 31.7 Å². The molecule has 0 bridgehead atoms. The molecule has 0 amide bonds. The van der Waals surface area contributed by atoms with E-state index in [0.29, 0.717) is 6.42 Å². The van der Waals surface area contributed by atoms with Crippen LogP contribution >= 0.6 is 0 Å². The summed E-state index contributed by atoms with van der Waals surface area (Å²) < 4.78 is 0. The molecule has 2 atom stereocenters. The van der Waals surface area contributed by atoms with E-state index in [4.69, 9.17) is 26.4 Å². The van der Waals surface area contributed by atoms with Crippen LogP contribution < -0.4 is 5.73 Å². The molecule has 1 aromatic rings. The van der Waals surface area contributed by atoms with Crippen LogP contribution in [0.3, 0.4) is 0 Å². The third-order valence-electron chi connectivity index (χ3n) is 3.02. The molecule has 8 heteroatoms. The summed E-state index contributed by atoms with van der Waals surface area (Å²) in [5.41, 5.74) is 5.93. The Balaban J connectivity index is 0.000000468. The van der Waals surface area contributed by atoms with Crippen molar-refractivity contribution in [2.75, 3.05) is 0 Å². The second-order valence-corrected chi connectivity index (χ2v) is 4.95. The standard InChI is InChI=1S/C9H11NO4.C6H13NO2/c11-9(12)8(10(13)14)6-7-4-2-1-3-5-7;1-2-3-4-5(7)6(8)9/h1-5,8,13-14H,6H2,(H,11,12);5H,2-4,7H2,1H3,(H,8,9). The Morgan fingerprint density at radius 1 is 1.13 bits per heavy atom. The SMILES string of the molecule is CCCCC(N)C(=O)O.O=C(O)C(Cc1ccccc1)N(O)O. The molecule has 130 valence electrons. The first-order valence-electron chi connectivity index (χ1n) is 7.21. The highest BCUT2D eigenvalue weighted by atomic mass is 16.8. The van der Waals surface area contributed by atoms with E-state index < -0.39 is 24.0 Å². The maximum Gasteiger partial charge on any atom is 0.326 e. The quantitative estimate of drug-likeness (QED) is 0.450. The van der Waals surface area contributed by atoms with Crippen LogP contribution in [0.15, 0.2) is 30.3 Å². The molecule has 1 aromatic carbocycles. The van der Waals surface area contributed by atoms with E-state index in [-0.39, 0.29) is 11.6 Å². The van der Waals surface area contributed by atoms with Gasteiger partial charge in [-0.2, -0.15) is 0 Å². The largest absolute Gasteiger partial charge is 0.480 e. The van der Waals surface area contributed by atoms with E-state index in [9.17, 15) is 9.59 Å². The number of aliphatic carboxylic acids is 2. The third kappa shape index (κ3) is 9.59. The predicted molar refractivity (Wildman–Crippen MR) is 82.1 cm³/mol. The molecule has 0 aliphatic carbocycles. The zero-order valence-corrected chi connectivity index (χ0v) is 13.0. The molecular formula is C15H24N2O6. The maximum absolute atomic E-state index is 10.6. The van der Waals surface area contributed by atoms with Crippen molar-refractivity contribution in [3.8, 4) is 0 Å². The molecule has 6 N–H and O–H groups in total. The first-order chi connectivity index (χ1) is 10.8. The van der Waals surface area contributed by atoms with Crippen LogP contribution in [-0.2, 0) is 16.0 Å². The molecule has 2 unspecified atom stereocenters. The van der Waals surface area contributed by atoms with E-state index in [0.717, 1.165) is 18.4 Å². The number of carboxylic acids is 2. The first-order valence-corrected chi connectivity index (χ1v) is 7.21. The van der Waals surface area contributed by atoms with E-state index >= 15 is 0 Å². The van der Waals surface area contributed by atoms with Crippen molar-refractivity contribution in [2.45, 2.75) is 44.7 Å². The monoisotopic (exact) mass is 328 g/mol. The number of hydroxylamine groups is 2. The average molecular weight is 328 g/mol. The van der Waals surface area contributed by atoms with Crippen molar-refractivity contribution in [2.24, 2.45) is 5.73 Å². The van der Waals surface area contributed by atoms with Gasteiger partial charge in [-0.05, 0) is 12.0 Å². The number of unbranched alkanes of at least 4 members (excludes halogenated alkanes) is 1. The summed E-state index contributed by atoms with van der Waals surface area (Å²) in [6, 6.07) is 6.76. The van der Waals surface area contributed by atoms with Gasteiger partial charge in [-0.25, -0.2) is 0 Å². The lowest BCUT2D eigenvalue weighted by molar-refractivity contribution is -0.327. The Morgan fingerprint density at radius 3 is 2.09 bits per heavy atom. The van der Waals surface area contributed by atoms with Crippen molar-refractivity contribution in [1.29, 1.82) is 0 Å². The molecule has 8 nitrogen and oxygen atoms in total. The molecule has 0 aliphatic heterocycles. The van der Waals surface area contributed by atoms with E-state index in [1.807, 2.05) is 6.92 Å². The van der Waals surface area contributed by atoms with Gasteiger partial charge >= 0.3 is 11.9 Å².